The number of hydrogen-bond acceptors (Lipinski definition) is 5. The summed E-state index contributed by atoms with van der Waals surface area (Å²) in [5.74, 6) is -0.413. The molecule has 96 valence electrons. The molecule has 1 aromatic rings. The van der Waals surface area contributed by atoms with Gasteiger partial charge in [0, 0.05) is 13.6 Å². The summed E-state index contributed by atoms with van der Waals surface area (Å²) in [4.78, 5) is 13.8. The van der Waals surface area contributed by atoms with Gasteiger partial charge in [-0.2, -0.15) is 5.10 Å². The summed E-state index contributed by atoms with van der Waals surface area (Å²) in [6.45, 7) is 3.03. The quantitative estimate of drug-likeness (QED) is 0.596. The lowest BCUT2D eigenvalue weighted by Crippen LogP contribution is -2.18. The highest BCUT2D eigenvalue weighted by Gasteiger charge is 2.18. The number of hydrogen-bond donors (Lipinski definition) is 1. The van der Waals surface area contributed by atoms with Gasteiger partial charge in [0.2, 0.25) is 0 Å². The molecule has 0 saturated heterocycles. The van der Waals surface area contributed by atoms with Crippen LogP contribution in [0.4, 0.5) is 5.69 Å². The van der Waals surface area contributed by atoms with Crippen molar-refractivity contribution in [2.75, 3.05) is 33.0 Å². The van der Waals surface area contributed by atoms with Gasteiger partial charge in [-0.05, 0) is 27.4 Å². The van der Waals surface area contributed by atoms with E-state index in [0.717, 1.165) is 13.0 Å². The van der Waals surface area contributed by atoms with Gasteiger partial charge in [-0.3, -0.25) is 4.68 Å². The fourth-order valence-corrected chi connectivity index (χ4v) is 1.53. The number of carbonyl (C=O) groups is 1. The van der Waals surface area contributed by atoms with Crippen molar-refractivity contribution in [3.8, 4) is 0 Å². The minimum Gasteiger partial charge on any atom is -0.461 e. The number of ether oxygens (including phenoxy) is 1. The number of aromatic nitrogens is 2. The fourth-order valence-electron chi connectivity index (χ4n) is 1.53. The normalized spacial score (nSPS) is 10.9. The minimum atomic E-state index is -0.413. The highest BCUT2D eigenvalue weighted by Crippen LogP contribution is 2.16. The Hall–Kier alpha value is -1.56. The van der Waals surface area contributed by atoms with Crippen LogP contribution in [0.15, 0.2) is 0 Å². The average Bonchev–Trinajstić information content (AvgIpc) is 2.48. The number of nitrogen functional groups attached to an aromatic ring is 1. The molecule has 0 aromatic carbocycles. The molecule has 6 heteroatoms. The van der Waals surface area contributed by atoms with Crippen LogP contribution in [0.3, 0.4) is 0 Å². The average molecular weight is 240 g/mol. The van der Waals surface area contributed by atoms with Gasteiger partial charge in [-0.1, -0.05) is 0 Å². The van der Waals surface area contributed by atoms with E-state index >= 15 is 0 Å². The molecule has 0 amide bonds. The van der Waals surface area contributed by atoms with Crippen molar-refractivity contribution >= 4 is 11.7 Å². The second-order valence-electron chi connectivity index (χ2n) is 4.26. The fraction of sp³-hybridized carbons (Fsp3) is 0.636. The van der Waals surface area contributed by atoms with Gasteiger partial charge in [-0.15, -0.1) is 0 Å². The lowest BCUT2D eigenvalue weighted by Gasteiger charge is -2.09. The van der Waals surface area contributed by atoms with Crippen LogP contribution in [0, 0.1) is 6.92 Å². The third-order valence-corrected chi connectivity index (χ3v) is 2.44. The SMILES string of the molecule is Cc1nn(C)c(C(=O)OCCCN(C)C)c1N. The molecular weight excluding hydrogens is 220 g/mol. The summed E-state index contributed by atoms with van der Waals surface area (Å²) in [6, 6.07) is 0. The zero-order valence-electron chi connectivity index (χ0n) is 10.9. The van der Waals surface area contributed by atoms with Crippen LogP contribution >= 0.6 is 0 Å². The van der Waals surface area contributed by atoms with Gasteiger partial charge in [0.1, 0.15) is 0 Å². The number of esters is 1. The molecule has 0 aliphatic heterocycles. The van der Waals surface area contributed by atoms with E-state index in [0.29, 0.717) is 23.7 Å². The van der Waals surface area contributed by atoms with E-state index in [4.69, 9.17) is 10.5 Å². The zero-order chi connectivity index (χ0) is 13.0. The molecule has 17 heavy (non-hydrogen) atoms. The molecule has 0 fully saturated rings. The topological polar surface area (TPSA) is 73.4 Å². The molecule has 0 spiro atoms. The second kappa shape index (κ2) is 5.67. The van der Waals surface area contributed by atoms with E-state index in [1.165, 1.54) is 4.68 Å². The van der Waals surface area contributed by atoms with Gasteiger partial charge in [0.15, 0.2) is 5.69 Å². The third-order valence-electron chi connectivity index (χ3n) is 2.44. The van der Waals surface area contributed by atoms with Crippen molar-refractivity contribution in [3.63, 3.8) is 0 Å². The minimum absolute atomic E-state index is 0.326. The summed E-state index contributed by atoms with van der Waals surface area (Å²) in [7, 11) is 5.63. The molecule has 2 N–H and O–H groups in total. The van der Waals surface area contributed by atoms with Crippen molar-refractivity contribution in [2.45, 2.75) is 13.3 Å². The van der Waals surface area contributed by atoms with Crippen molar-refractivity contribution in [2.24, 2.45) is 7.05 Å². The number of nitrogens with two attached hydrogens (primary N) is 1. The maximum Gasteiger partial charge on any atom is 0.358 e. The first-order valence-corrected chi connectivity index (χ1v) is 5.54. The summed E-state index contributed by atoms with van der Waals surface area (Å²) >= 11 is 0. The van der Waals surface area contributed by atoms with E-state index < -0.39 is 5.97 Å². The van der Waals surface area contributed by atoms with Gasteiger partial charge < -0.3 is 15.4 Å². The van der Waals surface area contributed by atoms with Gasteiger partial charge >= 0.3 is 5.97 Å². The predicted octanol–water partition coefficient (Wildman–Crippen LogP) is 0.419. The largest absolute Gasteiger partial charge is 0.461 e. The predicted molar refractivity (Wildman–Crippen MR) is 65.8 cm³/mol. The Bertz CT molecular complexity index is 398. The standard InChI is InChI=1S/C11H20N4O2/c1-8-9(12)10(15(4)13-8)11(16)17-7-5-6-14(2)3/h5-7,12H2,1-4H3. The molecule has 0 unspecified atom stereocenters. The summed E-state index contributed by atoms with van der Waals surface area (Å²) in [5.41, 5.74) is 7.13. The molecule has 0 aliphatic carbocycles. The van der Waals surface area contributed by atoms with E-state index in [2.05, 4.69) is 5.10 Å². The summed E-state index contributed by atoms with van der Waals surface area (Å²) in [6.07, 6.45) is 0.801. The van der Waals surface area contributed by atoms with E-state index in [-0.39, 0.29) is 0 Å². The van der Waals surface area contributed by atoms with E-state index in [1.54, 1.807) is 14.0 Å². The van der Waals surface area contributed by atoms with Crippen LogP contribution in [0.1, 0.15) is 22.6 Å². The number of aryl methyl sites for hydroxylation is 2. The molecule has 0 radical (unpaired) electrons. The maximum atomic E-state index is 11.8. The summed E-state index contributed by atoms with van der Waals surface area (Å²) < 4.78 is 6.60. The lowest BCUT2D eigenvalue weighted by atomic mass is 10.3. The maximum absolute atomic E-state index is 11.8. The third kappa shape index (κ3) is 3.45. The Balaban J connectivity index is 2.53. The number of rotatable bonds is 5. The number of nitrogens with zero attached hydrogens (tertiary/aromatic N) is 3. The Labute approximate surface area is 101 Å². The number of carbonyl (C=O) groups excluding carboxylic acids is 1. The van der Waals surface area contributed by atoms with E-state index in [1.807, 2.05) is 19.0 Å². The molecule has 6 nitrogen and oxygen atoms in total. The molecule has 1 aromatic heterocycles. The van der Waals surface area contributed by atoms with Crippen molar-refractivity contribution in [1.29, 1.82) is 0 Å². The van der Waals surface area contributed by atoms with Crippen molar-refractivity contribution in [3.05, 3.63) is 11.4 Å². The first kappa shape index (κ1) is 13.5. The van der Waals surface area contributed by atoms with Crippen LogP contribution in [0.25, 0.3) is 0 Å². The molecule has 0 bridgehead atoms. The highest BCUT2D eigenvalue weighted by atomic mass is 16.5. The van der Waals surface area contributed by atoms with Crippen LogP contribution < -0.4 is 5.73 Å². The van der Waals surface area contributed by atoms with Crippen LogP contribution in [0.5, 0.6) is 0 Å². The summed E-state index contributed by atoms with van der Waals surface area (Å²) in [5, 5.41) is 4.07. The van der Waals surface area contributed by atoms with E-state index in [9.17, 15) is 4.79 Å². The second-order valence-corrected chi connectivity index (χ2v) is 4.26. The lowest BCUT2D eigenvalue weighted by molar-refractivity contribution is 0.0482. The Kier molecular flexibility index (Phi) is 4.51. The number of anilines is 1. The molecule has 1 heterocycles. The molecule has 0 atom stereocenters. The molecule has 0 aliphatic rings. The zero-order valence-corrected chi connectivity index (χ0v) is 10.9. The molecule has 1 rings (SSSR count). The smallest absolute Gasteiger partial charge is 0.358 e. The first-order valence-electron chi connectivity index (χ1n) is 5.54. The van der Waals surface area contributed by atoms with Crippen molar-refractivity contribution < 1.29 is 9.53 Å². The van der Waals surface area contributed by atoms with Gasteiger partial charge in [0.05, 0.1) is 18.0 Å². The van der Waals surface area contributed by atoms with Crippen LogP contribution in [-0.4, -0.2) is 47.9 Å². The Morgan fingerprint density at radius 2 is 2.18 bits per heavy atom. The monoisotopic (exact) mass is 240 g/mol. The molecular formula is C11H20N4O2. The Morgan fingerprint density at radius 3 is 2.65 bits per heavy atom. The van der Waals surface area contributed by atoms with Gasteiger partial charge in [-0.25, -0.2) is 4.79 Å². The first-order chi connectivity index (χ1) is 7.93. The van der Waals surface area contributed by atoms with Crippen LogP contribution in [-0.2, 0) is 11.8 Å². The van der Waals surface area contributed by atoms with Gasteiger partial charge in [0.25, 0.3) is 0 Å². The Morgan fingerprint density at radius 1 is 1.53 bits per heavy atom. The highest BCUT2D eigenvalue weighted by molar-refractivity contribution is 5.93. The van der Waals surface area contributed by atoms with Crippen molar-refractivity contribution in [1.82, 2.24) is 14.7 Å². The molecule has 0 saturated carbocycles. The van der Waals surface area contributed by atoms with Crippen LogP contribution in [0.2, 0.25) is 0 Å².